The molecular formula is C17H24ClN5O2. The monoisotopic (exact) mass is 365 g/mol. The van der Waals surface area contributed by atoms with Crippen molar-refractivity contribution in [1.29, 1.82) is 0 Å². The number of nitrogens with zero attached hydrogens (tertiary/aromatic N) is 3. The molecule has 1 aromatic heterocycles. The van der Waals surface area contributed by atoms with Crippen LogP contribution in [0.1, 0.15) is 40.6 Å². The number of carbonyl (C=O) groups excluding carboxylic acids is 1. The first-order valence-corrected chi connectivity index (χ1v) is 8.18. The van der Waals surface area contributed by atoms with Crippen LogP contribution < -0.4 is 15.4 Å². The van der Waals surface area contributed by atoms with E-state index >= 15 is 0 Å². The Morgan fingerprint density at radius 1 is 1.32 bits per heavy atom. The number of aryl methyl sites for hydroxylation is 1. The molecule has 0 spiro atoms. The molecular weight excluding hydrogens is 342 g/mol. The Hall–Kier alpha value is -2.12. The molecule has 0 aliphatic carbocycles. The van der Waals surface area contributed by atoms with Crippen LogP contribution in [0.2, 0.25) is 0 Å². The van der Waals surface area contributed by atoms with Crippen LogP contribution in [0.25, 0.3) is 0 Å². The summed E-state index contributed by atoms with van der Waals surface area (Å²) in [6.45, 7) is 5.79. The van der Waals surface area contributed by atoms with E-state index in [1.54, 1.807) is 7.11 Å². The number of benzene rings is 1. The number of piperidine rings is 1. The third-order valence-corrected chi connectivity index (χ3v) is 4.40. The fraction of sp³-hybridized carbons (Fsp3) is 0.471. The van der Waals surface area contributed by atoms with E-state index in [0.717, 1.165) is 37.2 Å². The lowest BCUT2D eigenvalue weighted by atomic mass is 10.1. The number of nitrogens with one attached hydrogen (secondary N) is 2. The standard InChI is InChI=1S/C17H23N5O2.ClH/c1-11-4-5-15(24-3)14(10-11)19-17(23)16-12(2)22(21-20-16)13-6-8-18-9-7-13;/h4-5,10,13,18H,6-9H2,1-3H3,(H,19,23);1H. The first-order chi connectivity index (χ1) is 11.6. The topological polar surface area (TPSA) is 81.1 Å². The minimum atomic E-state index is -0.267. The van der Waals surface area contributed by atoms with Crippen LogP contribution in [-0.4, -0.2) is 41.1 Å². The Kier molecular flexibility index (Phi) is 6.39. The highest BCUT2D eigenvalue weighted by Crippen LogP contribution is 2.26. The first kappa shape index (κ1) is 19.2. The van der Waals surface area contributed by atoms with Gasteiger partial charge in [-0.15, -0.1) is 17.5 Å². The zero-order chi connectivity index (χ0) is 17.1. The summed E-state index contributed by atoms with van der Waals surface area (Å²) in [7, 11) is 1.58. The van der Waals surface area contributed by atoms with Crippen molar-refractivity contribution in [3.05, 3.63) is 35.2 Å². The maximum atomic E-state index is 12.6. The molecule has 8 heteroatoms. The summed E-state index contributed by atoms with van der Waals surface area (Å²) in [6, 6.07) is 5.95. The normalized spacial score (nSPS) is 14.7. The van der Waals surface area contributed by atoms with Crippen molar-refractivity contribution >= 4 is 24.0 Å². The van der Waals surface area contributed by atoms with Gasteiger partial charge in [-0.25, -0.2) is 4.68 Å². The molecule has 1 amide bonds. The molecule has 1 saturated heterocycles. The number of amides is 1. The van der Waals surface area contributed by atoms with E-state index in [0.29, 0.717) is 23.2 Å². The van der Waals surface area contributed by atoms with Crippen molar-refractivity contribution in [3.8, 4) is 5.75 Å². The van der Waals surface area contributed by atoms with E-state index < -0.39 is 0 Å². The number of hydrogen-bond donors (Lipinski definition) is 2. The molecule has 0 saturated carbocycles. The molecule has 0 unspecified atom stereocenters. The Bertz CT molecular complexity index is 741. The summed E-state index contributed by atoms with van der Waals surface area (Å²) in [5.41, 5.74) is 2.84. The van der Waals surface area contributed by atoms with Crippen LogP contribution in [0.4, 0.5) is 5.69 Å². The summed E-state index contributed by atoms with van der Waals surface area (Å²) in [5, 5.41) is 14.5. The minimum Gasteiger partial charge on any atom is -0.495 e. The largest absolute Gasteiger partial charge is 0.495 e. The van der Waals surface area contributed by atoms with Gasteiger partial charge in [0.25, 0.3) is 5.91 Å². The molecule has 2 heterocycles. The van der Waals surface area contributed by atoms with Gasteiger partial charge in [-0.2, -0.15) is 0 Å². The predicted molar refractivity (Wildman–Crippen MR) is 98.8 cm³/mol. The van der Waals surface area contributed by atoms with Crippen LogP contribution in [-0.2, 0) is 0 Å². The summed E-state index contributed by atoms with van der Waals surface area (Å²) in [5.74, 6) is 0.355. The maximum Gasteiger partial charge on any atom is 0.278 e. The van der Waals surface area contributed by atoms with Crippen molar-refractivity contribution in [2.75, 3.05) is 25.5 Å². The zero-order valence-electron chi connectivity index (χ0n) is 14.7. The molecule has 25 heavy (non-hydrogen) atoms. The number of carbonyl (C=O) groups is 1. The Morgan fingerprint density at radius 3 is 2.72 bits per heavy atom. The Balaban J connectivity index is 0.00000225. The van der Waals surface area contributed by atoms with Gasteiger partial charge in [0.15, 0.2) is 5.69 Å². The number of anilines is 1. The van der Waals surface area contributed by atoms with Crippen LogP contribution >= 0.6 is 12.4 Å². The summed E-state index contributed by atoms with van der Waals surface area (Å²) >= 11 is 0. The van der Waals surface area contributed by atoms with Crippen molar-refractivity contribution in [1.82, 2.24) is 20.3 Å². The number of halogens is 1. The molecule has 0 radical (unpaired) electrons. The molecule has 2 aromatic rings. The van der Waals surface area contributed by atoms with Gasteiger partial charge in [0, 0.05) is 0 Å². The Labute approximate surface area is 153 Å². The molecule has 1 aliphatic rings. The number of methoxy groups -OCH3 is 1. The van der Waals surface area contributed by atoms with E-state index in [1.807, 2.05) is 36.7 Å². The van der Waals surface area contributed by atoms with Gasteiger partial charge < -0.3 is 15.4 Å². The van der Waals surface area contributed by atoms with Gasteiger partial charge in [-0.3, -0.25) is 4.79 Å². The highest BCUT2D eigenvalue weighted by molar-refractivity contribution is 6.04. The second-order valence-electron chi connectivity index (χ2n) is 6.11. The lowest BCUT2D eigenvalue weighted by Crippen LogP contribution is -2.30. The van der Waals surface area contributed by atoms with Gasteiger partial charge in [-0.1, -0.05) is 11.3 Å². The van der Waals surface area contributed by atoms with Crippen molar-refractivity contribution in [3.63, 3.8) is 0 Å². The number of hydrogen-bond acceptors (Lipinski definition) is 5. The molecule has 2 N–H and O–H groups in total. The van der Waals surface area contributed by atoms with Gasteiger partial charge in [0.05, 0.1) is 24.5 Å². The average Bonchev–Trinajstić information content (AvgIpc) is 2.97. The average molecular weight is 366 g/mol. The number of rotatable bonds is 4. The molecule has 136 valence electrons. The van der Waals surface area contributed by atoms with Crippen LogP contribution in [0, 0.1) is 13.8 Å². The predicted octanol–water partition coefficient (Wildman–Crippen LogP) is 2.50. The molecule has 1 aliphatic heterocycles. The molecule has 3 rings (SSSR count). The van der Waals surface area contributed by atoms with E-state index in [9.17, 15) is 4.79 Å². The van der Waals surface area contributed by atoms with Gasteiger partial charge >= 0.3 is 0 Å². The highest BCUT2D eigenvalue weighted by Gasteiger charge is 2.23. The molecule has 0 atom stereocenters. The van der Waals surface area contributed by atoms with Crippen molar-refractivity contribution in [2.24, 2.45) is 0 Å². The van der Waals surface area contributed by atoms with E-state index in [-0.39, 0.29) is 18.3 Å². The summed E-state index contributed by atoms with van der Waals surface area (Å²) < 4.78 is 7.18. The lowest BCUT2D eigenvalue weighted by Gasteiger charge is -2.23. The third-order valence-electron chi connectivity index (χ3n) is 4.40. The van der Waals surface area contributed by atoms with Crippen molar-refractivity contribution < 1.29 is 9.53 Å². The van der Waals surface area contributed by atoms with Crippen molar-refractivity contribution in [2.45, 2.75) is 32.7 Å². The number of ether oxygens (including phenoxy) is 1. The first-order valence-electron chi connectivity index (χ1n) is 8.18. The quantitative estimate of drug-likeness (QED) is 0.870. The van der Waals surface area contributed by atoms with E-state index in [2.05, 4.69) is 20.9 Å². The SMILES string of the molecule is COc1ccc(C)cc1NC(=O)c1nnn(C2CCNCC2)c1C.Cl. The molecule has 1 fully saturated rings. The molecule has 0 bridgehead atoms. The van der Waals surface area contributed by atoms with Crippen LogP contribution in [0.15, 0.2) is 18.2 Å². The second kappa shape index (κ2) is 8.31. The highest BCUT2D eigenvalue weighted by atomic mass is 35.5. The van der Waals surface area contributed by atoms with E-state index in [4.69, 9.17) is 4.74 Å². The van der Waals surface area contributed by atoms with E-state index in [1.165, 1.54) is 0 Å². The smallest absolute Gasteiger partial charge is 0.278 e. The van der Waals surface area contributed by atoms with Crippen LogP contribution in [0.3, 0.4) is 0 Å². The summed E-state index contributed by atoms with van der Waals surface area (Å²) in [6.07, 6.45) is 1.99. The Morgan fingerprint density at radius 2 is 2.04 bits per heavy atom. The molecule has 1 aromatic carbocycles. The number of aromatic nitrogens is 3. The molecule has 7 nitrogen and oxygen atoms in total. The third kappa shape index (κ3) is 4.11. The fourth-order valence-corrected chi connectivity index (χ4v) is 3.05. The lowest BCUT2D eigenvalue weighted by molar-refractivity contribution is 0.102. The minimum absolute atomic E-state index is 0. The van der Waals surface area contributed by atoms with Gasteiger partial charge in [-0.05, 0) is 57.5 Å². The fourth-order valence-electron chi connectivity index (χ4n) is 3.05. The second-order valence-corrected chi connectivity index (χ2v) is 6.11. The zero-order valence-corrected chi connectivity index (χ0v) is 15.5. The summed E-state index contributed by atoms with van der Waals surface area (Å²) in [4.78, 5) is 12.6. The van der Waals surface area contributed by atoms with Crippen LogP contribution in [0.5, 0.6) is 5.75 Å². The van der Waals surface area contributed by atoms with Gasteiger partial charge in [0.1, 0.15) is 5.75 Å². The van der Waals surface area contributed by atoms with Gasteiger partial charge in [0.2, 0.25) is 0 Å². The maximum absolute atomic E-state index is 12.6.